The molecule has 3 rings (SSSR count). The normalized spacial score (nSPS) is 26.8. The number of hydrogen-bond donors (Lipinski definition) is 1. The zero-order valence-corrected chi connectivity index (χ0v) is 11.9. The lowest BCUT2D eigenvalue weighted by Crippen LogP contribution is -2.35. The average Bonchev–Trinajstić information content (AvgIpc) is 2.78. The predicted octanol–water partition coefficient (Wildman–Crippen LogP) is 3.49. The Hall–Kier alpha value is -1.54. The van der Waals surface area contributed by atoms with Crippen LogP contribution in [0.15, 0.2) is 36.4 Å². The Morgan fingerprint density at radius 2 is 1.89 bits per heavy atom. The SMILES string of the molecule is COc1ccc2cc(C3(C)CCNC3C)ccc2c1. The molecule has 0 spiro atoms. The zero-order valence-electron chi connectivity index (χ0n) is 11.9. The van der Waals surface area contributed by atoms with E-state index >= 15 is 0 Å². The van der Waals surface area contributed by atoms with Gasteiger partial charge in [-0.25, -0.2) is 0 Å². The number of nitrogens with one attached hydrogen (secondary N) is 1. The summed E-state index contributed by atoms with van der Waals surface area (Å²) in [6.45, 7) is 5.76. The lowest BCUT2D eigenvalue weighted by atomic mass is 9.76. The van der Waals surface area contributed by atoms with Crippen LogP contribution in [0, 0.1) is 0 Å². The molecule has 1 aliphatic heterocycles. The second-order valence-corrected chi connectivity index (χ2v) is 5.77. The van der Waals surface area contributed by atoms with Crippen molar-refractivity contribution in [3.8, 4) is 5.75 Å². The molecule has 2 aromatic carbocycles. The van der Waals surface area contributed by atoms with Crippen molar-refractivity contribution in [2.75, 3.05) is 13.7 Å². The lowest BCUT2D eigenvalue weighted by molar-refractivity contribution is 0.415. The summed E-state index contributed by atoms with van der Waals surface area (Å²) >= 11 is 0. The number of hydrogen-bond acceptors (Lipinski definition) is 2. The van der Waals surface area contributed by atoms with Crippen LogP contribution in [0.1, 0.15) is 25.8 Å². The highest BCUT2D eigenvalue weighted by atomic mass is 16.5. The van der Waals surface area contributed by atoms with Crippen LogP contribution in [0.5, 0.6) is 5.75 Å². The van der Waals surface area contributed by atoms with Crippen LogP contribution < -0.4 is 10.1 Å². The van der Waals surface area contributed by atoms with E-state index in [1.54, 1.807) is 7.11 Å². The molecule has 1 aliphatic rings. The highest BCUT2D eigenvalue weighted by Gasteiger charge is 2.37. The van der Waals surface area contributed by atoms with Crippen LogP contribution in [-0.4, -0.2) is 19.7 Å². The largest absolute Gasteiger partial charge is 0.497 e. The number of benzene rings is 2. The molecule has 2 nitrogen and oxygen atoms in total. The monoisotopic (exact) mass is 255 g/mol. The molecule has 100 valence electrons. The molecule has 0 amide bonds. The first-order chi connectivity index (χ1) is 9.13. The molecule has 0 aliphatic carbocycles. The van der Waals surface area contributed by atoms with E-state index in [1.165, 1.54) is 22.8 Å². The molecule has 2 heteroatoms. The first-order valence-corrected chi connectivity index (χ1v) is 6.95. The summed E-state index contributed by atoms with van der Waals surface area (Å²) in [4.78, 5) is 0. The summed E-state index contributed by atoms with van der Waals surface area (Å²) in [6.07, 6.45) is 1.20. The minimum atomic E-state index is 0.244. The minimum absolute atomic E-state index is 0.244. The molecule has 2 unspecified atom stereocenters. The highest BCUT2D eigenvalue weighted by Crippen LogP contribution is 2.36. The summed E-state index contributed by atoms with van der Waals surface area (Å²) in [6, 6.07) is 13.6. The number of rotatable bonds is 2. The van der Waals surface area contributed by atoms with Gasteiger partial charge < -0.3 is 10.1 Å². The molecule has 1 heterocycles. The molecular formula is C17H21NO. The van der Waals surface area contributed by atoms with Gasteiger partial charge in [-0.3, -0.25) is 0 Å². The van der Waals surface area contributed by atoms with E-state index in [-0.39, 0.29) is 5.41 Å². The first kappa shape index (κ1) is 12.5. The van der Waals surface area contributed by atoms with E-state index < -0.39 is 0 Å². The third-order valence-corrected chi connectivity index (χ3v) is 4.76. The Morgan fingerprint density at radius 1 is 1.16 bits per heavy atom. The summed E-state index contributed by atoms with van der Waals surface area (Å²) in [5, 5.41) is 6.09. The Bertz CT molecular complexity index is 607. The van der Waals surface area contributed by atoms with Crippen molar-refractivity contribution in [2.24, 2.45) is 0 Å². The summed E-state index contributed by atoms with van der Waals surface area (Å²) in [5.74, 6) is 0.919. The summed E-state index contributed by atoms with van der Waals surface area (Å²) in [7, 11) is 1.71. The topological polar surface area (TPSA) is 21.3 Å². The Labute approximate surface area is 114 Å². The number of fused-ring (bicyclic) bond motifs is 1. The van der Waals surface area contributed by atoms with Gasteiger partial charge in [-0.05, 0) is 48.4 Å². The maximum atomic E-state index is 5.28. The van der Waals surface area contributed by atoms with Crippen LogP contribution in [0.25, 0.3) is 10.8 Å². The van der Waals surface area contributed by atoms with E-state index in [4.69, 9.17) is 4.74 Å². The standard InChI is InChI=1S/C17H21NO/c1-12-17(2,8-9-18-12)15-6-4-14-11-16(19-3)7-5-13(14)10-15/h4-7,10-12,18H,8-9H2,1-3H3. The third-order valence-electron chi connectivity index (χ3n) is 4.76. The zero-order chi connectivity index (χ0) is 13.5. The van der Waals surface area contributed by atoms with Crippen LogP contribution in [0.4, 0.5) is 0 Å². The Kier molecular flexibility index (Phi) is 2.98. The fraction of sp³-hybridized carbons (Fsp3) is 0.412. The van der Waals surface area contributed by atoms with E-state index in [0.29, 0.717) is 6.04 Å². The molecule has 2 atom stereocenters. The van der Waals surface area contributed by atoms with E-state index in [2.05, 4.69) is 49.5 Å². The van der Waals surface area contributed by atoms with Crippen molar-refractivity contribution in [3.05, 3.63) is 42.0 Å². The molecular weight excluding hydrogens is 234 g/mol. The smallest absolute Gasteiger partial charge is 0.119 e. The first-order valence-electron chi connectivity index (χ1n) is 6.95. The third kappa shape index (κ3) is 2.00. The molecule has 0 aromatic heterocycles. The maximum absolute atomic E-state index is 5.28. The van der Waals surface area contributed by atoms with Gasteiger partial charge in [0.05, 0.1) is 7.11 Å². The lowest BCUT2D eigenvalue weighted by Gasteiger charge is -2.29. The van der Waals surface area contributed by atoms with Crippen LogP contribution in [0.3, 0.4) is 0 Å². The fourth-order valence-corrected chi connectivity index (χ4v) is 3.09. The van der Waals surface area contributed by atoms with Crippen molar-refractivity contribution >= 4 is 10.8 Å². The van der Waals surface area contributed by atoms with Crippen LogP contribution in [0.2, 0.25) is 0 Å². The molecule has 1 fully saturated rings. The molecule has 0 saturated carbocycles. The summed E-state index contributed by atoms with van der Waals surface area (Å²) < 4.78 is 5.28. The van der Waals surface area contributed by atoms with E-state index in [1.807, 2.05) is 6.07 Å². The summed E-state index contributed by atoms with van der Waals surface area (Å²) in [5.41, 5.74) is 1.68. The molecule has 0 bridgehead atoms. The van der Waals surface area contributed by atoms with Gasteiger partial charge in [-0.2, -0.15) is 0 Å². The Balaban J connectivity index is 2.07. The van der Waals surface area contributed by atoms with Gasteiger partial charge in [0.1, 0.15) is 5.75 Å². The van der Waals surface area contributed by atoms with Gasteiger partial charge in [-0.1, -0.05) is 31.2 Å². The van der Waals surface area contributed by atoms with E-state index in [9.17, 15) is 0 Å². The van der Waals surface area contributed by atoms with Gasteiger partial charge in [0, 0.05) is 11.5 Å². The van der Waals surface area contributed by atoms with Crippen LogP contribution >= 0.6 is 0 Å². The predicted molar refractivity (Wildman–Crippen MR) is 79.9 cm³/mol. The highest BCUT2D eigenvalue weighted by molar-refractivity contribution is 5.84. The number of methoxy groups -OCH3 is 1. The van der Waals surface area contributed by atoms with Gasteiger partial charge in [0.15, 0.2) is 0 Å². The van der Waals surface area contributed by atoms with Gasteiger partial charge >= 0.3 is 0 Å². The molecule has 19 heavy (non-hydrogen) atoms. The maximum Gasteiger partial charge on any atom is 0.119 e. The molecule has 0 radical (unpaired) electrons. The second kappa shape index (κ2) is 4.53. The van der Waals surface area contributed by atoms with Crippen LogP contribution in [-0.2, 0) is 5.41 Å². The minimum Gasteiger partial charge on any atom is -0.497 e. The quantitative estimate of drug-likeness (QED) is 0.887. The van der Waals surface area contributed by atoms with Crippen molar-refractivity contribution in [3.63, 3.8) is 0 Å². The second-order valence-electron chi connectivity index (χ2n) is 5.77. The van der Waals surface area contributed by atoms with Crippen molar-refractivity contribution in [1.29, 1.82) is 0 Å². The van der Waals surface area contributed by atoms with Gasteiger partial charge in [-0.15, -0.1) is 0 Å². The van der Waals surface area contributed by atoms with Crippen molar-refractivity contribution in [2.45, 2.75) is 31.7 Å². The number of ether oxygens (including phenoxy) is 1. The van der Waals surface area contributed by atoms with Gasteiger partial charge in [0.2, 0.25) is 0 Å². The molecule has 1 saturated heterocycles. The van der Waals surface area contributed by atoms with Crippen molar-refractivity contribution < 1.29 is 4.74 Å². The van der Waals surface area contributed by atoms with Crippen molar-refractivity contribution in [1.82, 2.24) is 5.32 Å². The fourth-order valence-electron chi connectivity index (χ4n) is 3.09. The molecule has 2 aromatic rings. The van der Waals surface area contributed by atoms with E-state index in [0.717, 1.165) is 12.3 Å². The molecule has 1 N–H and O–H groups in total. The Morgan fingerprint density at radius 3 is 2.58 bits per heavy atom. The van der Waals surface area contributed by atoms with Gasteiger partial charge in [0.25, 0.3) is 0 Å². The average molecular weight is 255 g/mol.